The number of nitrogens with zero attached hydrogens (tertiary/aromatic N) is 6. The molecule has 8 aromatic carbocycles. The van der Waals surface area contributed by atoms with Crippen molar-refractivity contribution in [2.45, 2.75) is 0 Å². The number of aromatic nitrogens is 6. The molecule has 0 aliphatic rings. The normalized spacial score (nSPS) is 11.7. The molecule has 5 aromatic heterocycles. The molecule has 7 nitrogen and oxygen atoms in total. The SMILES string of the molecule is [Pt]=[c]1n(-c2cccc(Oc3ccc4c5ccccc5n(-c5ccc(-n6c7ccccc7c7cnccc76)cn5)c4c3)c2)c2ccccc2n1-c1c(-c2ccccc2)cccc1-c1ccccc1. The number of pyridine rings is 2. The summed E-state index contributed by atoms with van der Waals surface area (Å²) in [4.78, 5) is 9.56. The Bertz CT molecular complexity index is 3980. The molecule has 5 heterocycles. The molecule has 0 unspecified atom stereocenters. The first kappa shape index (κ1) is 39.0. The Hall–Kier alpha value is -8.38. The van der Waals surface area contributed by atoms with Crippen molar-refractivity contribution in [1.82, 2.24) is 28.2 Å². The van der Waals surface area contributed by atoms with E-state index in [0.717, 1.165) is 115 Å². The summed E-state index contributed by atoms with van der Waals surface area (Å²) in [5, 5.41) is 4.56. The van der Waals surface area contributed by atoms with Crippen LogP contribution in [-0.2, 0) is 19.4 Å². The number of rotatable bonds is 8. The van der Waals surface area contributed by atoms with Crippen LogP contribution in [-0.4, -0.2) is 28.2 Å². The molecule has 0 saturated heterocycles. The third-order valence-corrected chi connectivity index (χ3v) is 13.8. The number of hydrogen-bond acceptors (Lipinski definition) is 3. The molecule has 320 valence electrons. The summed E-state index contributed by atoms with van der Waals surface area (Å²) in [6.07, 6.45) is 5.75. The van der Waals surface area contributed by atoms with Gasteiger partial charge in [0.1, 0.15) is 0 Å². The Morgan fingerprint density at radius 1 is 0.373 bits per heavy atom. The van der Waals surface area contributed by atoms with Crippen LogP contribution in [0.3, 0.4) is 0 Å². The molecule has 0 bridgehead atoms. The Labute approximate surface area is 396 Å². The van der Waals surface area contributed by atoms with Crippen molar-refractivity contribution in [3.63, 3.8) is 0 Å². The third kappa shape index (κ3) is 6.42. The van der Waals surface area contributed by atoms with E-state index in [-0.39, 0.29) is 0 Å². The molecule has 8 heteroatoms. The maximum atomic E-state index is 6.82. The second-order valence-electron chi connectivity index (χ2n) is 16.6. The van der Waals surface area contributed by atoms with Crippen LogP contribution in [0, 0.1) is 3.80 Å². The van der Waals surface area contributed by atoms with Crippen LogP contribution in [0.2, 0.25) is 0 Å². The average molecular weight is 1040 g/mol. The quantitative estimate of drug-likeness (QED) is 0.152. The van der Waals surface area contributed by atoms with Gasteiger partial charge in [0.15, 0.2) is 0 Å². The Morgan fingerprint density at radius 3 is 1.66 bits per heavy atom. The summed E-state index contributed by atoms with van der Waals surface area (Å²) in [6, 6.07) is 74.6. The van der Waals surface area contributed by atoms with Crippen molar-refractivity contribution in [3.05, 3.63) is 235 Å². The van der Waals surface area contributed by atoms with Gasteiger partial charge in [0.25, 0.3) is 0 Å². The Balaban J connectivity index is 0.906. The minimum atomic E-state index is 0.732. The van der Waals surface area contributed by atoms with Crippen molar-refractivity contribution in [2.75, 3.05) is 0 Å². The average Bonchev–Trinajstić information content (AvgIpc) is 4.01. The predicted octanol–water partition coefficient (Wildman–Crippen LogP) is 14.6. The van der Waals surface area contributed by atoms with Crippen LogP contribution < -0.4 is 4.74 Å². The number of imidazole rings is 1. The summed E-state index contributed by atoms with van der Waals surface area (Å²) in [5.74, 6) is 2.29. The van der Waals surface area contributed by atoms with E-state index in [0.29, 0.717) is 0 Å². The number of benzene rings is 8. The third-order valence-electron chi connectivity index (χ3n) is 12.8. The molecule has 0 atom stereocenters. The monoisotopic (exact) mass is 1040 g/mol. The molecule has 13 aromatic rings. The molecule has 0 N–H and O–H groups in total. The van der Waals surface area contributed by atoms with Crippen molar-refractivity contribution in [2.24, 2.45) is 0 Å². The molecule has 0 radical (unpaired) electrons. The Kier molecular flexibility index (Phi) is 9.29. The van der Waals surface area contributed by atoms with E-state index in [1.165, 1.54) is 0 Å². The summed E-state index contributed by atoms with van der Waals surface area (Å²) >= 11 is 2.50. The number of ether oxygens (including phenoxy) is 1. The van der Waals surface area contributed by atoms with Gasteiger partial charge < -0.3 is 4.57 Å². The van der Waals surface area contributed by atoms with Crippen molar-refractivity contribution >= 4 is 54.6 Å². The maximum absolute atomic E-state index is 6.82. The van der Waals surface area contributed by atoms with Crippen molar-refractivity contribution in [1.29, 1.82) is 0 Å². The standard InChI is InChI=1S/C59H38N6O.Pt/c1-3-15-40(16-4-1)46-23-14-24-47(41-17-5-2-6-18-41)59(46)63-39-62(55-27-11-12-28-56(55)63)42-19-13-20-44(35-42)66-45-30-31-50-48-21-7-10-26-53(48)65(57(50)36-45)58-32-29-43(37-61-58)64-52-25-9-8-22-49(52)51-38-60-34-33-54(51)64;/h1-38H;. The summed E-state index contributed by atoms with van der Waals surface area (Å²) in [7, 11) is 0. The fourth-order valence-corrected chi connectivity index (χ4v) is 11.0. The zero-order chi connectivity index (χ0) is 44.4. The van der Waals surface area contributed by atoms with Gasteiger partial charge in [0, 0.05) is 23.2 Å². The topological polar surface area (TPSA) is 54.7 Å². The van der Waals surface area contributed by atoms with Crippen LogP contribution in [0.15, 0.2) is 231 Å². The summed E-state index contributed by atoms with van der Waals surface area (Å²) in [5.41, 5.74) is 14.2. The molecule has 13 rings (SSSR count). The molecule has 67 heavy (non-hydrogen) atoms. The fraction of sp³-hybridized carbons (Fsp3) is 0. The van der Waals surface area contributed by atoms with Gasteiger partial charge in [-0.3, -0.25) is 4.98 Å². The Morgan fingerprint density at radius 2 is 0.955 bits per heavy atom. The van der Waals surface area contributed by atoms with Crippen LogP contribution in [0.4, 0.5) is 0 Å². The molecular weight excluding hydrogens is 1000 g/mol. The summed E-state index contributed by atoms with van der Waals surface area (Å²) in [6.45, 7) is 0. The van der Waals surface area contributed by atoms with Crippen LogP contribution in [0.5, 0.6) is 11.5 Å². The number of hydrogen-bond donors (Lipinski definition) is 0. The molecular formula is C59H38N6OPt. The second-order valence-corrected chi connectivity index (χ2v) is 17.6. The number of fused-ring (bicyclic) bond motifs is 7. The molecule has 0 spiro atoms. The van der Waals surface area contributed by atoms with E-state index in [1.54, 1.807) is 0 Å². The molecule has 0 fully saturated rings. The molecule has 0 amide bonds. The van der Waals surface area contributed by atoms with Gasteiger partial charge in [0.05, 0.1) is 22.9 Å². The second kappa shape index (κ2) is 15.9. The first-order valence-corrected chi connectivity index (χ1v) is 23.4. The minimum absolute atomic E-state index is 0.732. The van der Waals surface area contributed by atoms with Crippen LogP contribution in [0.1, 0.15) is 0 Å². The molecule has 0 aliphatic carbocycles. The first-order chi connectivity index (χ1) is 33.2. The van der Waals surface area contributed by atoms with E-state index in [4.69, 9.17) is 9.72 Å². The molecule has 0 aliphatic heterocycles. The zero-order valence-electron chi connectivity index (χ0n) is 35.8. The van der Waals surface area contributed by atoms with E-state index >= 15 is 0 Å². The fourth-order valence-electron chi connectivity index (χ4n) is 9.88. The van der Waals surface area contributed by atoms with Crippen molar-refractivity contribution in [3.8, 4) is 56.6 Å². The van der Waals surface area contributed by atoms with Gasteiger partial charge in [-0.05, 0) is 18.2 Å². The predicted molar refractivity (Wildman–Crippen MR) is 268 cm³/mol. The first-order valence-electron chi connectivity index (χ1n) is 22.2. The van der Waals surface area contributed by atoms with Gasteiger partial charge in [-0.1, -0.05) is 30.3 Å². The molecule has 0 saturated carbocycles. The van der Waals surface area contributed by atoms with Gasteiger partial charge >= 0.3 is 294 Å². The zero-order valence-corrected chi connectivity index (χ0v) is 38.1. The van der Waals surface area contributed by atoms with E-state index in [9.17, 15) is 0 Å². The van der Waals surface area contributed by atoms with Crippen LogP contribution >= 0.6 is 0 Å². The van der Waals surface area contributed by atoms with Gasteiger partial charge in [-0.25, -0.2) is 0 Å². The number of para-hydroxylation sites is 5. The van der Waals surface area contributed by atoms with Crippen LogP contribution in [0.25, 0.3) is 99.8 Å². The van der Waals surface area contributed by atoms with Gasteiger partial charge in [-0.2, -0.15) is 0 Å². The van der Waals surface area contributed by atoms with E-state index < -0.39 is 0 Å². The van der Waals surface area contributed by atoms with E-state index in [1.807, 2.05) is 24.7 Å². The van der Waals surface area contributed by atoms with Gasteiger partial charge in [-0.15, -0.1) is 0 Å². The van der Waals surface area contributed by atoms with Crippen molar-refractivity contribution < 1.29 is 24.1 Å². The summed E-state index contributed by atoms with van der Waals surface area (Å²) < 4.78 is 17.1. The van der Waals surface area contributed by atoms with Gasteiger partial charge in [0.2, 0.25) is 0 Å². The van der Waals surface area contributed by atoms with E-state index in [2.05, 4.69) is 249 Å².